The van der Waals surface area contributed by atoms with Crippen LogP contribution in [0.1, 0.15) is 12.5 Å². The molecule has 0 bridgehead atoms. The van der Waals surface area contributed by atoms with Crippen LogP contribution in [0, 0.1) is 0 Å². The molecule has 0 unspecified atom stereocenters. The van der Waals surface area contributed by atoms with Crippen LogP contribution in [-0.2, 0) is 16.1 Å². The highest BCUT2D eigenvalue weighted by Crippen LogP contribution is 2.17. The standard InChI is InChI=1S/C11H15ClN2O2/c1-2-16-11(15)7-14-6-8-5-9(12)3-4-10(8)13/h3-5,14H,2,6-7,13H2,1H3. The van der Waals surface area contributed by atoms with E-state index in [1.807, 2.05) is 0 Å². The molecule has 1 aromatic carbocycles. The van der Waals surface area contributed by atoms with Gasteiger partial charge in [0.15, 0.2) is 0 Å². The molecule has 88 valence electrons. The molecule has 0 aromatic heterocycles. The number of nitrogens with one attached hydrogen (secondary N) is 1. The monoisotopic (exact) mass is 242 g/mol. The van der Waals surface area contributed by atoms with Crippen LogP contribution in [0.2, 0.25) is 5.02 Å². The third-order valence-corrected chi connectivity index (χ3v) is 2.23. The third kappa shape index (κ3) is 4.08. The second kappa shape index (κ2) is 6.35. The van der Waals surface area contributed by atoms with Crippen molar-refractivity contribution in [2.24, 2.45) is 0 Å². The van der Waals surface area contributed by atoms with E-state index >= 15 is 0 Å². The number of anilines is 1. The minimum Gasteiger partial charge on any atom is -0.465 e. The Hall–Kier alpha value is -1.26. The molecular weight excluding hydrogens is 228 g/mol. The molecule has 4 nitrogen and oxygen atoms in total. The van der Waals surface area contributed by atoms with Gasteiger partial charge in [-0.2, -0.15) is 0 Å². The number of ether oxygens (including phenoxy) is 1. The summed E-state index contributed by atoms with van der Waals surface area (Å²) >= 11 is 5.83. The van der Waals surface area contributed by atoms with Crippen molar-refractivity contribution in [1.82, 2.24) is 5.32 Å². The predicted molar refractivity (Wildman–Crippen MR) is 64.2 cm³/mol. The van der Waals surface area contributed by atoms with Gasteiger partial charge in [0, 0.05) is 17.3 Å². The van der Waals surface area contributed by atoms with E-state index < -0.39 is 0 Å². The molecule has 1 aromatic rings. The summed E-state index contributed by atoms with van der Waals surface area (Å²) in [5.74, 6) is -0.275. The van der Waals surface area contributed by atoms with Gasteiger partial charge < -0.3 is 15.8 Å². The van der Waals surface area contributed by atoms with Crippen LogP contribution in [-0.4, -0.2) is 19.1 Å². The zero-order valence-corrected chi connectivity index (χ0v) is 9.88. The molecule has 0 aliphatic heterocycles. The average Bonchev–Trinajstić information content (AvgIpc) is 2.23. The van der Waals surface area contributed by atoms with Gasteiger partial charge in [-0.1, -0.05) is 11.6 Å². The van der Waals surface area contributed by atoms with Gasteiger partial charge in [0.05, 0.1) is 13.2 Å². The van der Waals surface area contributed by atoms with Gasteiger partial charge in [-0.3, -0.25) is 4.79 Å². The zero-order valence-electron chi connectivity index (χ0n) is 9.13. The first-order valence-corrected chi connectivity index (χ1v) is 5.41. The normalized spacial score (nSPS) is 10.1. The summed E-state index contributed by atoms with van der Waals surface area (Å²) in [5.41, 5.74) is 7.28. The Morgan fingerprint density at radius 2 is 2.31 bits per heavy atom. The Labute approximate surface area is 99.7 Å². The quantitative estimate of drug-likeness (QED) is 0.608. The van der Waals surface area contributed by atoms with E-state index in [1.54, 1.807) is 25.1 Å². The molecule has 1 rings (SSSR count). The number of rotatable bonds is 5. The summed E-state index contributed by atoms with van der Waals surface area (Å²) < 4.78 is 4.78. The zero-order chi connectivity index (χ0) is 12.0. The van der Waals surface area contributed by atoms with Crippen molar-refractivity contribution in [2.45, 2.75) is 13.5 Å². The third-order valence-electron chi connectivity index (χ3n) is 2.00. The number of esters is 1. The second-order valence-electron chi connectivity index (χ2n) is 3.25. The van der Waals surface area contributed by atoms with E-state index in [2.05, 4.69) is 5.32 Å². The van der Waals surface area contributed by atoms with Gasteiger partial charge >= 0.3 is 5.97 Å². The molecule has 0 radical (unpaired) electrons. The summed E-state index contributed by atoms with van der Waals surface area (Å²) in [6.45, 7) is 2.82. The maximum absolute atomic E-state index is 11.0. The Balaban J connectivity index is 2.42. The van der Waals surface area contributed by atoms with Crippen LogP contribution in [0.15, 0.2) is 18.2 Å². The highest BCUT2D eigenvalue weighted by molar-refractivity contribution is 6.30. The first-order valence-electron chi connectivity index (χ1n) is 5.03. The molecule has 0 spiro atoms. The van der Waals surface area contributed by atoms with Crippen molar-refractivity contribution < 1.29 is 9.53 Å². The molecule has 0 saturated heterocycles. The van der Waals surface area contributed by atoms with Crippen molar-refractivity contribution in [2.75, 3.05) is 18.9 Å². The van der Waals surface area contributed by atoms with E-state index in [4.69, 9.17) is 22.1 Å². The maximum Gasteiger partial charge on any atom is 0.319 e. The molecule has 3 N–H and O–H groups in total. The number of hydrogen-bond acceptors (Lipinski definition) is 4. The van der Waals surface area contributed by atoms with Crippen LogP contribution in [0.3, 0.4) is 0 Å². The predicted octanol–water partition coefficient (Wildman–Crippen LogP) is 1.57. The summed E-state index contributed by atoms with van der Waals surface area (Å²) in [7, 11) is 0. The molecule has 0 aliphatic carbocycles. The Bertz CT molecular complexity index is 369. The molecule has 0 amide bonds. The first kappa shape index (κ1) is 12.8. The molecule has 0 aliphatic rings. The molecular formula is C11H15ClN2O2. The van der Waals surface area contributed by atoms with Gasteiger partial charge in [-0.15, -0.1) is 0 Å². The van der Waals surface area contributed by atoms with E-state index in [0.717, 1.165) is 5.56 Å². The fourth-order valence-electron chi connectivity index (χ4n) is 1.24. The highest BCUT2D eigenvalue weighted by atomic mass is 35.5. The molecule has 0 heterocycles. The van der Waals surface area contributed by atoms with Crippen molar-refractivity contribution in [3.8, 4) is 0 Å². The van der Waals surface area contributed by atoms with Crippen LogP contribution >= 0.6 is 11.6 Å². The van der Waals surface area contributed by atoms with E-state index in [0.29, 0.717) is 23.9 Å². The summed E-state index contributed by atoms with van der Waals surface area (Å²) in [6.07, 6.45) is 0. The molecule has 0 atom stereocenters. The van der Waals surface area contributed by atoms with Crippen LogP contribution in [0.5, 0.6) is 0 Å². The number of nitrogens with two attached hydrogens (primary N) is 1. The smallest absolute Gasteiger partial charge is 0.319 e. The number of benzene rings is 1. The Kier molecular flexibility index (Phi) is 5.08. The van der Waals surface area contributed by atoms with E-state index in [1.165, 1.54) is 0 Å². The van der Waals surface area contributed by atoms with Crippen LogP contribution < -0.4 is 11.1 Å². The lowest BCUT2D eigenvalue weighted by Crippen LogP contribution is -2.24. The Morgan fingerprint density at radius 1 is 1.56 bits per heavy atom. The Morgan fingerprint density at radius 3 is 3.00 bits per heavy atom. The van der Waals surface area contributed by atoms with Crippen molar-refractivity contribution in [1.29, 1.82) is 0 Å². The van der Waals surface area contributed by atoms with Gasteiger partial charge in [-0.05, 0) is 30.7 Å². The van der Waals surface area contributed by atoms with Gasteiger partial charge in [-0.25, -0.2) is 0 Å². The van der Waals surface area contributed by atoms with Gasteiger partial charge in [0.1, 0.15) is 0 Å². The summed E-state index contributed by atoms with van der Waals surface area (Å²) in [5, 5.41) is 3.57. The number of nitrogen functional groups attached to an aromatic ring is 1. The summed E-state index contributed by atoms with van der Waals surface area (Å²) in [6, 6.07) is 5.24. The molecule has 16 heavy (non-hydrogen) atoms. The average molecular weight is 243 g/mol. The van der Waals surface area contributed by atoms with E-state index in [-0.39, 0.29) is 12.5 Å². The second-order valence-corrected chi connectivity index (χ2v) is 3.69. The van der Waals surface area contributed by atoms with Gasteiger partial charge in [0.2, 0.25) is 0 Å². The lowest BCUT2D eigenvalue weighted by atomic mass is 10.2. The number of carbonyl (C=O) groups is 1. The lowest BCUT2D eigenvalue weighted by molar-refractivity contribution is -0.142. The fourth-order valence-corrected chi connectivity index (χ4v) is 1.43. The highest BCUT2D eigenvalue weighted by Gasteiger charge is 2.03. The van der Waals surface area contributed by atoms with Crippen molar-refractivity contribution in [3.05, 3.63) is 28.8 Å². The maximum atomic E-state index is 11.0. The van der Waals surface area contributed by atoms with Gasteiger partial charge in [0.25, 0.3) is 0 Å². The van der Waals surface area contributed by atoms with Crippen LogP contribution in [0.4, 0.5) is 5.69 Å². The number of hydrogen-bond donors (Lipinski definition) is 2. The molecule has 5 heteroatoms. The molecule has 0 fully saturated rings. The first-order chi connectivity index (χ1) is 7.63. The minimum absolute atomic E-state index is 0.166. The number of halogens is 1. The number of carbonyl (C=O) groups excluding carboxylic acids is 1. The summed E-state index contributed by atoms with van der Waals surface area (Å²) in [4.78, 5) is 11.0. The fraction of sp³-hybridized carbons (Fsp3) is 0.364. The van der Waals surface area contributed by atoms with E-state index in [9.17, 15) is 4.79 Å². The minimum atomic E-state index is -0.275. The van der Waals surface area contributed by atoms with Crippen molar-refractivity contribution in [3.63, 3.8) is 0 Å². The van der Waals surface area contributed by atoms with Crippen LogP contribution in [0.25, 0.3) is 0 Å². The largest absolute Gasteiger partial charge is 0.465 e. The lowest BCUT2D eigenvalue weighted by Gasteiger charge is -2.07. The topological polar surface area (TPSA) is 64.3 Å². The SMILES string of the molecule is CCOC(=O)CNCc1cc(Cl)ccc1N. The molecule has 0 saturated carbocycles. The van der Waals surface area contributed by atoms with Crippen molar-refractivity contribution >= 4 is 23.3 Å².